The van der Waals surface area contributed by atoms with Crippen molar-refractivity contribution >= 4 is 40.1 Å². The standard InChI is InChI=1S/C16H10ClN5S/c17-13-4-1-11(2-5-13)3-6-14-21-22-15(19-20-16(22)23-14)12-7-9-18-10-8-12/h1-10H/b6-3+. The second kappa shape index (κ2) is 5.91. The Morgan fingerprint density at radius 2 is 1.74 bits per heavy atom. The fraction of sp³-hybridized carbons (Fsp3) is 0. The summed E-state index contributed by atoms with van der Waals surface area (Å²) in [4.78, 5) is 4.77. The zero-order chi connectivity index (χ0) is 15.6. The predicted molar refractivity (Wildman–Crippen MR) is 92.3 cm³/mol. The lowest BCUT2D eigenvalue weighted by Gasteiger charge is -1.94. The van der Waals surface area contributed by atoms with Gasteiger partial charge in [0, 0.05) is 23.0 Å². The minimum atomic E-state index is 0.713. The van der Waals surface area contributed by atoms with E-state index in [2.05, 4.69) is 20.3 Å². The summed E-state index contributed by atoms with van der Waals surface area (Å²) < 4.78 is 1.75. The Morgan fingerprint density at radius 3 is 2.52 bits per heavy atom. The first-order chi connectivity index (χ1) is 11.3. The molecule has 0 aliphatic carbocycles. The molecule has 4 aromatic rings. The predicted octanol–water partition coefficient (Wildman–Crippen LogP) is 4.07. The van der Waals surface area contributed by atoms with Crippen molar-refractivity contribution in [2.24, 2.45) is 0 Å². The van der Waals surface area contributed by atoms with Crippen molar-refractivity contribution in [3.8, 4) is 11.4 Å². The molecule has 0 aliphatic heterocycles. The monoisotopic (exact) mass is 339 g/mol. The maximum absolute atomic E-state index is 5.89. The molecule has 3 aromatic heterocycles. The molecule has 0 atom stereocenters. The molecule has 4 rings (SSSR count). The van der Waals surface area contributed by atoms with E-state index in [1.165, 1.54) is 11.3 Å². The molecular formula is C16H10ClN5S. The highest BCUT2D eigenvalue weighted by Gasteiger charge is 2.11. The van der Waals surface area contributed by atoms with Crippen LogP contribution in [0, 0.1) is 0 Å². The van der Waals surface area contributed by atoms with Crippen molar-refractivity contribution in [2.45, 2.75) is 0 Å². The summed E-state index contributed by atoms with van der Waals surface area (Å²) in [6.45, 7) is 0. The molecule has 112 valence electrons. The van der Waals surface area contributed by atoms with Gasteiger partial charge >= 0.3 is 0 Å². The van der Waals surface area contributed by atoms with Crippen LogP contribution in [0.4, 0.5) is 0 Å². The fourth-order valence-corrected chi connectivity index (χ4v) is 2.99. The van der Waals surface area contributed by atoms with E-state index in [1.807, 2.05) is 48.6 Å². The minimum absolute atomic E-state index is 0.713. The molecule has 0 N–H and O–H groups in total. The van der Waals surface area contributed by atoms with Gasteiger partial charge in [-0.3, -0.25) is 4.98 Å². The number of rotatable bonds is 3. The molecule has 0 saturated heterocycles. The van der Waals surface area contributed by atoms with Gasteiger partial charge in [-0.25, -0.2) is 0 Å². The zero-order valence-electron chi connectivity index (χ0n) is 11.8. The quantitative estimate of drug-likeness (QED) is 0.564. The van der Waals surface area contributed by atoms with Crippen LogP contribution >= 0.6 is 22.9 Å². The van der Waals surface area contributed by atoms with Gasteiger partial charge in [0.25, 0.3) is 0 Å². The summed E-state index contributed by atoms with van der Waals surface area (Å²) in [6, 6.07) is 11.4. The van der Waals surface area contributed by atoms with Crippen molar-refractivity contribution in [3.05, 3.63) is 64.4 Å². The molecule has 0 aliphatic rings. The highest BCUT2D eigenvalue weighted by atomic mass is 35.5. The second-order valence-corrected chi connectivity index (χ2v) is 6.20. The van der Waals surface area contributed by atoms with Crippen molar-refractivity contribution in [1.29, 1.82) is 0 Å². The number of benzene rings is 1. The lowest BCUT2D eigenvalue weighted by molar-refractivity contribution is 0.959. The first kappa shape index (κ1) is 14.0. The third kappa shape index (κ3) is 2.86. The van der Waals surface area contributed by atoms with Gasteiger partial charge in [-0.2, -0.15) is 9.61 Å². The summed E-state index contributed by atoms with van der Waals surface area (Å²) >= 11 is 7.37. The molecule has 0 unspecified atom stereocenters. The van der Waals surface area contributed by atoms with E-state index in [4.69, 9.17) is 11.6 Å². The van der Waals surface area contributed by atoms with Gasteiger partial charge in [-0.05, 0) is 35.9 Å². The first-order valence-corrected chi connectivity index (χ1v) is 8.05. The maximum Gasteiger partial charge on any atom is 0.235 e. The molecule has 0 spiro atoms. The van der Waals surface area contributed by atoms with Gasteiger partial charge in [0.05, 0.1) is 0 Å². The van der Waals surface area contributed by atoms with E-state index in [-0.39, 0.29) is 0 Å². The fourth-order valence-electron chi connectivity index (χ4n) is 2.12. The molecule has 0 bridgehead atoms. The second-order valence-electron chi connectivity index (χ2n) is 4.78. The number of aromatic nitrogens is 5. The van der Waals surface area contributed by atoms with Crippen LogP contribution in [0.25, 0.3) is 28.5 Å². The molecule has 23 heavy (non-hydrogen) atoms. The Morgan fingerprint density at radius 1 is 0.957 bits per heavy atom. The van der Waals surface area contributed by atoms with Crippen LogP contribution in [0.1, 0.15) is 10.6 Å². The smallest absolute Gasteiger partial charge is 0.235 e. The Hall–Kier alpha value is -2.57. The zero-order valence-corrected chi connectivity index (χ0v) is 13.4. The molecule has 0 amide bonds. The molecular weight excluding hydrogens is 330 g/mol. The van der Waals surface area contributed by atoms with Crippen LogP contribution in [0.5, 0.6) is 0 Å². The molecule has 0 radical (unpaired) electrons. The van der Waals surface area contributed by atoms with Gasteiger partial charge in [-0.15, -0.1) is 10.2 Å². The van der Waals surface area contributed by atoms with E-state index in [9.17, 15) is 0 Å². The van der Waals surface area contributed by atoms with Crippen LogP contribution in [0.3, 0.4) is 0 Å². The van der Waals surface area contributed by atoms with Crippen LogP contribution in [-0.2, 0) is 0 Å². The molecule has 0 saturated carbocycles. The topological polar surface area (TPSA) is 56.0 Å². The minimum Gasteiger partial charge on any atom is -0.265 e. The average molecular weight is 340 g/mol. The molecule has 0 fully saturated rings. The number of nitrogens with zero attached hydrogens (tertiary/aromatic N) is 5. The highest BCUT2D eigenvalue weighted by Crippen LogP contribution is 2.22. The average Bonchev–Trinajstić information content (AvgIpc) is 3.15. The Labute approximate surface area is 140 Å². The summed E-state index contributed by atoms with van der Waals surface area (Å²) in [5, 5.41) is 14.5. The van der Waals surface area contributed by atoms with Crippen LogP contribution in [0.2, 0.25) is 5.02 Å². The third-order valence-electron chi connectivity index (χ3n) is 3.23. The lowest BCUT2D eigenvalue weighted by atomic mass is 10.2. The molecule has 5 nitrogen and oxygen atoms in total. The first-order valence-electron chi connectivity index (χ1n) is 6.86. The van der Waals surface area contributed by atoms with Crippen molar-refractivity contribution < 1.29 is 0 Å². The van der Waals surface area contributed by atoms with Gasteiger partial charge in [0.1, 0.15) is 5.01 Å². The highest BCUT2D eigenvalue weighted by molar-refractivity contribution is 7.17. The van der Waals surface area contributed by atoms with Crippen molar-refractivity contribution in [3.63, 3.8) is 0 Å². The van der Waals surface area contributed by atoms with Gasteiger partial charge < -0.3 is 0 Å². The van der Waals surface area contributed by atoms with Crippen LogP contribution < -0.4 is 0 Å². The number of pyridine rings is 1. The van der Waals surface area contributed by atoms with Gasteiger partial charge in [-0.1, -0.05) is 41.1 Å². The Bertz CT molecular complexity index is 973. The number of halogens is 1. The Kier molecular flexibility index (Phi) is 3.61. The van der Waals surface area contributed by atoms with Crippen LogP contribution in [0.15, 0.2) is 48.8 Å². The summed E-state index contributed by atoms with van der Waals surface area (Å²) in [5.74, 6) is 0.713. The van der Waals surface area contributed by atoms with Crippen molar-refractivity contribution in [1.82, 2.24) is 24.8 Å². The summed E-state index contributed by atoms with van der Waals surface area (Å²) in [6.07, 6.45) is 7.40. The van der Waals surface area contributed by atoms with Gasteiger partial charge in [0.15, 0.2) is 5.82 Å². The normalized spacial score (nSPS) is 11.5. The Balaban J connectivity index is 1.67. The number of hydrogen-bond acceptors (Lipinski definition) is 5. The molecule has 3 heterocycles. The van der Waals surface area contributed by atoms with Gasteiger partial charge in [0.2, 0.25) is 4.96 Å². The summed E-state index contributed by atoms with van der Waals surface area (Å²) in [5.41, 5.74) is 2.00. The lowest BCUT2D eigenvalue weighted by Crippen LogP contribution is -1.90. The van der Waals surface area contributed by atoms with E-state index >= 15 is 0 Å². The van der Waals surface area contributed by atoms with Crippen LogP contribution in [-0.4, -0.2) is 24.8 Å². The molecule has 7 heteroatoms. The maximum atomic E-state index is 5.89. The van der Waals surface area contributed by atoms with E-state index in [0.29, 0.717) is 5.82 Å². The molecule has 1 aromatic carbocycles. The SMILES string of the molecule is Clc1ccc(/C=C/c2nn3c(-c4ccncc4)nnc3s2)cc1. The third-order valence-corrected chi connectivity index (χ3v) is 4.35. The van der Waals surface area contributed by atoms with E-state index in [0.717, 1.165) is 26.1 Å². The van der Waals surface area contributed by atoms with E-state index < -0.39 is 0 Å². The largest absolute Gasteiger partial charge is 0.265 e. The number of fused-ring (bicyclic) bond motifs is 1. The van der Waals surface area contributed by atoms with Crippen molar-refractivity contribution in [2.75, 3.05) is 0 Å². The van der Waals surface area contributed by atoms with E-state index in [1.54, 1.807) is 16.9 Å². The number of hydrogen-bond donors (Lipinski definition) is 0. The summed E-state index contributed by atoms with van der Waals surface area (Å²) in [7, 11) is 0.